The van der Waals surface area contributed by atoms with Gasteiger partial charge < -0.3 is 5.32 Å². The number of anilines is 1. The zero-order valence-corrected chi connectivity index (χ0v) is 16.4. The van der Waals surface area contributed by atoms with Crippen LogP contribution in [0.25, 0.3) is 0 Å². The Morgan fingerprint density at radius 1 is 1.29 bits per heavy atom. The van der Waals surface area contributed by atoms with Crippen molar-refractivity contribution in [2.24, 2.45) is 0 Å². The maximum atomic E-state index is 4.88. The van der Waals surface area contributed by atoms with Crippen LogP contribution in [0.4, 0.5) is 5.82 Å². The first-order chi connectivity index (χ1) is 10.0. The highest BCUT2D eigenvalue weighted by atomic mass is 79.9. The molecule has 3 nitrogen and oxygen atoms in total. The second-order valence-electron chi connectivity index (χ2n) is 5.58. The third-order valence-corrected chi connectivity index (χ3v) is 7.29. The molecule has 21 heavy (non-hydrogen) atoms. The predicted octanol–water partition coefficient (Wildman–Crippen LogP) is 5.09. The van der Waals surface area contributed by atoms with Crippen molar-refractivity contribution in [2.45, 2.75) is 50.5 Å². The molecule has 0 amide bonds. The van der Waals surface area contributed by atoms with Gasteiger partial charge in [0.25, 0.3) is 0 Å². The van der Waals surface area contributed by atoms with Crippen LogP contribution in [0.3, 0.4) is 0 Å². The van der Waals surface area contributed by atoms with Crippen molar-refractivity contribution in [3.05, 3.63) is 16.0 Å². The van der Waals surface area contributed by atoms with Crippen LogP contribution in [0.5, 0.6) is 0 Å². The Hall–Kier alpha value is 0.0600. The number of aromatic nitrogens is 2. The first-order valence-corrected chi connectivity index (χ1v) is 10.5. The largest absolute Gasteiger partial charge is 0.369 e. The van der Waals surface area contributed by atoms with Crippen molar-refractivity contribution in [2.75, 3.05) is 23.4 Å². The third-order valence-electron chi connectivity index (χ3n) is 3.43. The highest BCUT2D eigenvalue weighted by Gasteiger charge is 2.28. The van der Waals surface area contributed by atoms with Crippen molar-refractivity contribution in [1.82, 2.24) is 9.97 Å². The monoisotopic (exact) mass is 389 g/mol. The fourth-order valence-corrected chi connectivity index (χ4v) is 5.73. The van der Waals surface area contributed by atoms with E-state index in [4.69, 9.17) is 9.97 Å². The van der Waals surface area contributed by atoms with Gasteiger partial charge in [0.1, 0.15) is 11.6 Å². The quantitative estimate of drug-likeness (QED) is 0.758. The fraction of sp³-hybridized carbons (Fsp3) is 0.733. The summed E-state index contributed by atoms with van der Waals surface area (Å²) in [6.45, 7) is 9.77. The molecule has 0 aliphatic carbocycles. The number of thioether (sulfide) groups is 2. The standard InChI is InChI=1S/C15H24BrN3S2/c1-5-6-17-14-11(16)12(9(2)3)18-15(19-14)13-10(4)20-7-8-21-13/h9-10,13H,5-8H2,1-4H3,(H,17,18,19). The molecule has 2 unspecified atom stereocenters. The van der Waals surface area contributed by atoms with Gasteiger partial charge in [-0.2, -0.15) is 11.8 Å². The van der Waals surface area contributed by atoms with Crippen LogP contribution in [0.15, 0.2) is 4.47 Å². The Kier molecular flexibility index (Phi) is 6.69. The minimum absolute atomic E-state index is 0.389. The van der Waals surface area contributed by atoms with Crippen molar-refractivity contribution in [1.29, 1.82) is 0 Å². The highest BCUT2D eigenvalue weighted by Crippen LogP contribution is 2.42. The van der Waals surface area contributed by atoms with Crippen molar-refractivity contribution in [3.63, 3.8) is 0 Å². The lowest BCUT2D eigenvalue weighted by molar-refractivity contribution is 0.752. The van der Waals surface area contributed by atoms with E-state index in [1.807, 2.05) is 23.5 Å². The number of rotatable bonds is 5. The van der Waals surface area contributed by atoms with Crippen LogP contribution in [0, 0.1) is 0 Å². The van der Waals surface area contributed by atoms with Gasteiger partial charge in [-0.15, -0.1) is 11.8 Å². The molecule has 0 spiro atoms. The maximum Gasteiger partial charge on any atom is 0.145 e. The lowest BCUT2D eigenvalue weighted by Crippen LogP contribution is -2.20. The molecule has 0 aromatic carbocycles. The lowest BCUT2D eigenvalue weighted by atomic mass is 10.1. The zero-order chi connectivity index (χ0) is 15.4. The molecule has 1 aliphatic rings. The molecule has 0 bridgehead atoms. The van der Waals surface area contributed by atoms with E-state index in [0.717, 1.165) is 34.8 Å². The first-order valence-electron chi connectivity index (χ1n) is 7.59. The molecule has 1 aliphatic heterocycles. The summed E-state index contributed by atoms with van der Waals surface area (Å²) in [5, 5.41) is 4.41. The summed E-state index contributed by atoms with van der Waals surface area (Å²) in [7, 11) is 0. The molecule has 2 heterocycles. The number of nitrogens with one attached hydrogen (secondary N) is 1. The van der Waals surface area contributed by atoms with Crippen LogP contribution >= 0.6 is 39.5 Å². The summed E-state index contributed by atoms with van der Waals surface area (Å²) in [4.78, 5) is 9.71. The van der Waals surface area contributed by atoms with E-state index >= 15 is 0 Å². The molecule has 6 heteroatoms. The molecule has 2 atom stereocenters. The average molecular weight is 390 g/mol. The average Bonchev–Trinajstić information content (AvgIpc) is 2.46. The van der Waals surface area contributed by atoms with Crippen molar-refractivity contribution < 1.29 is 0 Å². The molecule has 1 saturated heterocycles. The number of hydrogen-bond donors (Lipinski definition) is 1. The number of hydrogen-bond acceptors (Lipinski definition) is 5. The van der Waals surface area contributed by atoms with Crippen molar-refractivity contribution >= 4 is 45.3 Å². The molecule has 118 valence electrons. The fourth-order valence-electron chi connectivity index (χ4n) is 2.27. The van der Waals surface area contributed by atoms with Crippen LogP contribution < -0.4 is 5.32 Å². The summed E-state index contributed by atoms with van der Waals surface area (Å²) in [5.41, 5.74) is 1.11. The molecule has 0 radical (unpaired) electrons. The Morgan fingerprint density at radius 2 is 2.00 bits per heavy atom. The highest BCUT2D eigenvalue weighted by molar-refractivity contribution is 9.10. The van der Waals surface area contributed by atoms with E-state index < -0.39 is 0 Å². The Balaban J connectivity index is 2.37. The summed E-state index contributed by atoms with van der Waals surface area (Å²) in [6.07, 6.45) is 1.09. The van der Waals surface area contributed by atoms with Gasteiger partial charge in [-0.3, -0.25) is 0 Å². The van der Waals surface area contributed by atoms with Crippen LogP contribution in [0.2, 0.25) is 0 Å². The minimum Gasteiger partial charge on any atom is -0.369 e. The molecule has 1 fully saturated rings. The van der Waals surface area contributed by atoms with E-state index in [9.17, 15) is 0 Å². The topological polar surface area (TPSA) is 37.8 Å². The number of halogens is 1. The maximum absolute atomic E-state index is 4.88. The van der Waals surface area contributed by atoms with E-state index in [1.165, 1.54) is 11.5 Å². The van der Waals surface area contributed by atoms with E-state index in [1.54, 1.807) is 0 Å². The predicted molar refractivity (Wildman–Crippen MR) is 99.7 cm³/mol. The van der Waals surface area contributed by atoms with Crippen molar-refractivity contribution in [3.8, 4) is 0 Å². The normalized spacial score (nSPS) is 22.6. The molecular weight excluding hydrogens is 366 g/mol. The molecule has 1 aromatic rings. The number of nitrogens with zero attached hydrogens (tertiary/aromatic N) is 2. The molecular formula is C15H24BrN3S2. The van der Waals surface area contributed by atoms with E-state index in [0.29, 0.717) is 16.4 Å². The van der Waals surface area contributed by atoms with Gasteiger partial charge in [0.15, 0.2) is 0 Å². The second kappa shape index (κ2) is 8.06. The lowest BCUT2D eigenvalue weighted by Gasteiger charge is -2.27. The summed E-state index contributed by atoms with van der Waals surface area (Å²) in [5.74, 6) is 4.75. The molecule has 1 aromatic heterocycles. The second-order valence-corrected chi connectivity index (χ2v) is 9.11. The summed E-state index contributed by atoms with van der Waals surface area (Å²) < 4.78 is 1.02. The molecule has 1 N–H and O–H groups in total. The summed E-state index contributed by atoms with van der Waals surface area (Å²) in [6, 6.07) is 0. The zero-order valence-electron chi connectivity index (χ0n) is 13.1. The Labute approximate surface area is 145 Å². The van der Waals surface area contributed by atoms with E-state index in [2.05, 4.69) is 48.9 Å². The van der Waals surface area contributed by atoms with Gasteiger partial charge in [0, 0.05) is 23.3 Å². The van der Waals surface area contributed by atoms with Gasteiger partial charge in [0.05, 0.1) is 15.4 Å². The van der Waals surface area contributed by atoms with Gasteiger partial charge in [0.2, 0.25) is 0 Å². The SMILES string of the molecule is CCCNc1nc(C2SCCSC2C)nc(C(C)C)c1Br. The van der Waals surface area contributed by atoms with Gasteiger partial charge >= 0.3 is 0 Å². The van der Waals surface area contributed by atoms with Gasteiger partial charge in [-0.25, -0.2) is 9.97 Å². The molecule has 0 saturated carbocycles. The van der Waals surface area contributed by atoms with Gasteiger partial charge in [-0.1, -0.05) is 27.7 Å². The van der Waals surface area contributed by atoms with E-state index in [-0.39, 0.29) is 0 Å². The van der Waals surface area contributed by atoms with Crippen LogP contribution in [0.1, 0.15) is 56.8 Å². The first kappa shape index (κ1) is 17.4. The van der Waals surface area contributed by atoms with Gasteiger partial charge in [-0.05, 0) is 28.3 Å². The minimum atomic E-state index is 0.389. The molecule has 2 rings (SSSR count). The summed E-state index contributed by atoms with van der Waals surface area (Å²) >= 11 is 7.71. The van der Waals surface area contributed by atoms with Crippen LogP contribution in [-0.4, -0.2) is 33.3 Å². The smallest absolute Gasteiger partial charge is 0.145 e. The van der Waals surface area contributed by atoms with Crippen LogP contribution in [-0.2, 0) is 0 Å². The Morgan fingerprint density at radius 3 is 2.62 bits per heavy atom. The Bertz CT molecular complexity index is 482. The third kappa shape index (κ3) is 4.29.